The van der Waals surface area contributed by atoms with Gasteiger partial charge < -0.3 is 9.64 Å². The van der Waals surface area contributed by atoms with Crippen molar-refractivity contribution in [2.24, 2.45) is 4.99 Å². The van der Waals surface area contributed by atoms with Crippen molar-refractivity contribution in [1.82, 2.24) is 4.90 Å². The van der Waals surface area contributed by atoms with Crippen molar-refractivity contribution in [3.63, 3.8) is 0 Å². The fourth-order valence-corrected chi connectivity index (χ4v) is 1.29. The second-order valence-corrected chi connectivity index (χ2v) is 3.24. The van der Waals surface area contributed by atoms with Gasteiger partial charge in [0.1, 0.15) is 13.3 Å². The van der Waals surface area contributed by atoms with E-state index in [0.717, 1.165) is 25.9 Å². The number of aliphatic imine (C=N–C) groups is 1. The van der Waals surface area contributed by atoms with Crippen LogP contribution in [0, 0.1) is 0 Å². The van der Waals surface area contributed by atoms with Crippen LogP contribution in [0.25, 0.3) is 0 Å². The minimum absolute atomic E-state index is 0.116. The molecule has 0 atom stereocenters. The maximum Gasteiger partial charge on any atom is 0.409 e. The van der Waals surface area contributed by atoms with Gasteiger partial charge in [-0.05, 0) is 19.3 Å². The van der Waals surface area contributed by atoms with E-state index in [0.29, 0.717) is 0 Å². The molecular formula is C10H15FN2O2. The number of halogens is 1. The van der Waals surface area contributed by atoms with E-state index in [4.69, 9.17) is 0 Å². The molecule has 0 bridgehead atoms. The third-order valence-electron chi connectivity index (χ3n) is 2.05. The van der Waals surface area contributed by atoms with E-state index < -0.39 is 6.67 Å². The third kappa shape index (κ3) is 5.86. The quantitative estimate of drug-likeness (QED) is 0.702. The van der Waals surface area contributed by atoms with Crippen LogP contribution in [0.3, 0.4) is 0 Å². The molecule has 0 spiro atoms. The van der Waals surface area contributed by atoms with Gasteiger partial charge in [-0.15, -0.1) is 0 Å². The van der Waals surface area contributed by atoms with E-state index in [1.165, 1.54) is 6.42 Å². The van der Waals surface area contributed by atoms with Gasteiger partial charge in [0.25, 0.3) is 0 Å². The summed E-state index contributed by atoms with van der Waals surface area (Å²) in [6.45, 7) is 0.797. The first-order chi connectivity index (χ1) is 7.34. The predicted molar refractivity (Wildman–Crippen MR) is 54.8 cm³/mol. The molecule has 1 amide bonds. The van der Waals surface area contributed by atoms with Crippen LogP contribution in [-0.2, 0) is 4.74 Å². The van der Waals surface area contributed by atoms with Crippen molar-refractivity contribution in [2.45, 2.75) is 19.3 Å². The van der Waals surface area contributed by atoms with Crippen molar-refractivity contribution < 1.29 is 13.9 Å². The Morgan fingerprint density at radius 3 is 2.53 bits per heavy atom. The van der Waals surface area contributed by atoms with Crippen LogP contribution in [0.5, 0.6) is 0 Å². The molecule has 0 unspecified atom stereocenters. The molecule has 1 fully saturated rings. The van der Waals surface area contributed by atoms with Crippen molar-refractivity contribution in [3.05, 3.63) is 6.20 Å². The number of amides is 1. The van der Waals surface area contributed by atoms with E-state index in [1.807, 2.05) is 0 Å². The van der Waals surface area contributed by atoms with Crippen LogP contribution >= 0.6 is 0 Å². The summed E-state index contributed by atoms with van der Waals surface area (Å²) in [5, 5.41) is 0. The van der Waals surface area contributed by atoms with Crippen molar-refractivity contribution in [1.29, 1.82) is 0 Å². The Morgan fingerprint density at radius 1 is 1.47 bits per heavy atom. The second-order valence-electron chi connectivity index (χ2n) is 3.24. The smallest absolute Gasteiger partial charge is 0.409 e. The lowest BCUT2D eigenvalue weighted by Crippen LogP contribution is -2.36. The molecule has 0 aromatic carbocycles. The number of alkyl halides is 1. The number of ether oxygens (including phenoxy) is 1. The van der Waals surface area contributed by atoms with Gasteiger partial charge >= 0.3 is 6.09 Å². The number of carbonyl (C=O) groups is 1. The van der Waals surface area contributed by atoms with Crippen molar-refractivity contribution >= 4 is 12.0 Å². The predicted octanol–water partition coefficient (Wildman–Crippen LogP) is 1.76. The summed E-state index contributed by atoms with van der Waals surface area (Å²) >= 11 is 0. The van der Waals surface area contributed by atoms with E-state index in [9.17, 15) is 9.18 Å². The van der Waals surface area contributed by atoms with Crippen LogP contribution in [0.4, 0.5) is 9.18 Å². The van der Waals surface area contributed by atoms with Gasteiger partial charge in [0, 0.05) is 19.0 Å². The van der Waals surface area contributed by atoms with Gasteiger partial charge in [0.15, 0.2) is 0 Å². The maximum atomic E-state index is 11.6. The van der Waals surface area contributed by atoms with Crippen molar-refractivity contribution in [2.75, 3.05) is 26.4 Å². The fraction of sp³-hybridized carbons (Fsp3) is 0.700. The molecule has 15 heavy (non-hydrogen) atoms. The zero-order valence-corrected chi connectivity index (χ0v) is 8.62. The molecule has 2 heterocycles. The van der Waals surface area contributed by atoms with E-state index in [-0.39, 0.29) is 12.7 Å². The Hall–Kier alpha value is -1.35. The summed E-state index contributed by atoms with van der Waals surface area (Å²) in [6, 6.07) is 0. The third-order valence-corrected chi connectivity index (χ3v) is 2.05. The van der Waals surface area contributed by atoms with Gasteiger partial charge in [0.05, 0.1) is 6.20 Å². The van der Waals surface area contributed by atoms with Crippen molar-refractivity contribution in [3.8, 4) is 0 Å². The lowest BCUT2D eigenvalue weighted by Gasteiger charge is -2.25. The molecule has 0 N–H and O–H groups in total. The number of likely N-dealkylation sites (tertiary alicyclic amines) is 1. The second kappa shape index (κ2) is 7.01. The number of carbonyl (C=O) groups excluding carboxylic acids is 1. The molecule has 0 aromatic rings. The highest BCUT2D eigenvalue weighted by atomic mass is 19.1. The monoisotopic (exact) mass is 214 g/mol. The number of rotatable bonds is 2. The fourth-order valence-electron chi connectivity index (χ4n) is 1.29. The first kappa shape index (κ1) is 11.7. The number of hydrogen-bond acceptors (Lipinski definition) is 3. The number of hydrogen-bond donors (Lipinski definition) is 0. The van der Waals surface area contributed by atoms with E-state index in [2.05, 4.69) is 15.6 Å². The minimum atomic E-state index is -0.598. The first-order valence-electron chi connectivity index (χ1n) is 5.09. The van der Waals surface area contributed by atoms with E-state index >= 15 is 0 Å². The molecular weight excluding hydrogens is 199 g/mol. The molecule has 0 aliphatic carbocycles. The molecule has 1 saturated heterocycles. The molecule has 5 heteroatoms. The minimum Gasteiger partial charge on any atom is -0.447 e. The molecule has 0 saturated carbocycles. The summed E-state index contributed by atoms with van der Waals surface area (Å²) in [5.74, 6) is 2.50. The van der Waals surface area contributed by atoms with Gasteiger partial charge in [-0.3, -0.25) is 0 Å². The van der Waals surface area contributed by atoms with Gasteiger partial charge in [-0.1, -0.05) is 0 Å². The SMILES string of the molecule is C1=CN=1.O=C(OCCF)N1CCCCC1. The molecule has 2 rings (SSSR count). The molecule has 0 aromatic heterocycles. The average molecular weight is 214 g/mol. The zero-order chi connectivity index (χ0) is 10.9. The Labute approximate surface area is 88.4 Å². The van der Waals surface area contributed by atoms with Crippen LogP contribution < -0.4 is 0 Å². The maximum absolute atomic E-state index is 11.6. The Kier molecular flexibility index (Phi) is 5.48. The Bertz CT molecular complexity index is 250. The average Bonchev–Trinajstić information content (AvgIpc) is 3.14. The van der Waals surface area contributed by atoms with E-state index in [1.54, 1.807) is 11.1 Å². The summed E-state index contributed by atoms with van der Waals surface area (Å²) in [7, 11) is 0. The first-order valence-corrected chi connectivity index (χ1v) is 5.09. The molecule has 2 aliphatic rings. The van der Waals surface area contributed by atoms with Crippen LogP contribution in [0.1, 0.15) is 19.3 Å². The highest BCUT2D eigenvalue weighted by Gasteiger charge is 2.16. The van der Waals surface area contributed by atoms with Crippen LogP contribution in [0.2, 0.25) is 0 Å². The number of nitrogens with zero attached hydrogens (tertiary/aromatic N) is 2. The molecule has 4 nitrogen and oxygen atoms in total. The standard InChI is InChI=1S/C8H14FNO2.C2HN/c9-4-7-12-8(11)10-5-2-1-3-6-10;1-2-3-1/h1-7H2;1H. The summed E-state index contributed by atoms with van der Waals surface area (Å²) in [6.07, 6.45) is 4.50. The molecule has 2 aliphatic heterocycles. The zero-order valence-electron chi connectivity index (χ0n) is 8.62. The Balaban J connectivity index is 0.000000319. The topological polar surface area (TPSA) is 41.9 Å². The Morgan fingerprint density at radius 2 is 2.07 bits per heavy atom. The highest BCUT2D eigenvalue weighted by molar-refractivity contribution is 5.67. The largest absolute Gasteiger partial charge is 0.447 e. The highest BCUT2D eigenvalue weighted by Crippen LogP contribution is 2.09. The summed E-state index contributed by atoms with van der Waals surface area (Å²) < 4.78 is 16.3. The number of piperidine rings is 1. The lowest BCUT2D eigenvalue weighted by atomic mass is 10.1. The summed E-state index contributed by atoms with van der Waals surface area (Å²) in [5.41, 5.74) is 0. The van der Waals surface area contributed by atoms with Gasteiger partial charge in [0.2, 0.25) is 0 Å². The van der Waals surface area contributed by atoms with Gasteiger partial charge in [-0.25, -0.2) is 14.2 Å². The summed E-state index contributed by atoms with van der Waals surface area (Å²) in [4.78, 5) is 16.1. The van der Waals surface area contributed by atoms with Crippen LogP contribution in [-0.4, -0.2) is 43.2 Å². The van der Waals surface area contributed by atoms with Crippen LogP contribution in [0.15, 0.2) is 11.2 Å². The lowest BCUT2D eigenvalue weighted by molar-refractivity contribution is 0.0898. The molecule has 84 valence electrons. The molecule has 0 radical (unpaired) electrons. The van der Waals surface area contributed by atoms with Gasteiger partial charge in [-0.2, -0.15) is 0 Å². The normalized spacial score (nSPS) is 16.7.